The van der Waals surface area contributed by atoms with Crippen LogP contribution in [-0.2, 0) is 0 Å². The van der Waals surface area contributed by atoms with Crippen molar-refractivity contribution in [3.05, 3.63) is 24.5 Å². The van der Waals surface area contributed by atoms with Crippen LogP contribution >= 0.6 is 11.8 Å². The normalized spacial score (nSPS) is 26.3. The highest BCUT2D eigenvalue weighted by Crippen LogP contribution is 2.42. The van der Waals surface area contributed by atoms with E-state index in [1.54, 1.807) is 0 Å². The molecule has 0 aliphatic heterocycles. The van der Waals surface area contributed by atoms with Gasteiger partial charge >= 0.3 is 0 Å². The van der Waals surface area contributed by atoms with E-state index >= 15 is 0 Å². The van der Waals surface area contributed by atoms with E-state index in [1.807, 2.05) is 24.2 Å². The first kappa shape index (κ1) is 14.9. The number of rotatable bonds is 5. The fourth-order valence-corrected chi connectivity index (χ4v) is 4.36. The number of hydrogen-bond donors (Lipinski definition) is 1. The summed E-state index contributed by atoms with van der Waals surface area (Å²) in [5.74, 6) is 0. The highest BCUT2D eigenvalue weighted by atomic mass is 32.2. The van der Waals surface area contributed by atoms with Gasteiger partial charge in [0.1, 0.15) is 0 Å². The van der Waals surface area contributed by atoms with Crippen molar-refractivity contribution in [2.45, 2.75) is 62.6 Å². The molecule has 0 saturated heterocycles. The number of nitrogens with one attached hydrogen (secondary N) is 1. The molecule has 1 saturated carbocycles. The molecule has 1 aliphatic carbocycles. The summed E-state index contributed by atoms with van der Waals surface area (Å²) in [6.07, 6.45) is 8.93. The number of aromatic nitrogens is 1. The minimum Gasteiger partial charge on any atom is -0.313 e. The van der Waals surface area contributed by atoms with E-state index in [1.165, 1.54) is 30.6 Å². The van der Waals surface area contributed by atoms with Gasteiger partial charge in [0.25, 0.3) is 0 Å². The number of nitrogens with zero attached hydrogens (tertiary/aromatic N) is 1. The molecule has 0 aromatic carbocycles. The predicted octanol–water partition coefficient (Wildman–Crippen LogP) is 4.12. The number of hydrogen-bond acceptors (Lipinski definition) is 3. The van der Waals surface area contributed by atoms with E-state index in [-0.39, 0.29) is 0 Å². The van der Waals surface area contributed by atoms with Crippen molar-refractivity contribution >= 4 is 11.8 Å². The van der Waals surface area contributed by atoms with Crippen LogP contribution in [-0.4, -0.2) is 22.8 Å². The second-order valence-corrected chi connectivity index (χ2v) is 7.62. The third kappa shape index (κ3) is 4.50. The fraction of sp³-hybridized carbons (Fsp3) is 0.688. The van der Waals surface area contributed by atoms with Crippen molar-refractivity contribution in [1.29, 1.82) is 0 Å². The first-order valence-electron chi connectivity index (χ1n) is 7.41. The van der Waals surface area contributed by atoms with Gasteiger partial charge in [-0.25, -0.2) is 0 Å². The van der Waals surface area contributed by atoms with Crippen LogP contribution in [0.1, 0.15) is 46.5 Å². The lowest BCUT2D eigenvalue weighted by Crippen LogP contribution is -2.45. The summed E-state index contributed by atoms with van der Waals surface area (Å²) < 4.78 is 0. The van der Waals surface area contributed by atoms with Crippen molar-refractivity contribution < 1.29 is 0 Å². The van der Waals surface area contributed by atoms with Crippen LogP contribution in [0.15, 0.2) is 29.4 Å². The second-order valence-electron chi connectivity index (χ2n) is 6.31. The quantitative estimate of drug-likeness (QED) is 0.877. The fourth-order valence-electron chi connectivity index (χ4n) is 2.80. The largest absolute Gasteiger partial charge is 0.313 e. The molecule has 1 N–H and O–H groups in total. The third-order valence-corrected chi connectivity index (χ3v) is 5.27. The van der Waals surface area contributed by atoms with Crippen molar-refractivity contribution in [3.8, 4) is 0 Å². The summed E-state index contributed by atoms with van der Waals surface area (Å²) in [6, 6.07) is 4.91. The van der Waals surface area contributed by atoms with Crippen LogP contribution < -0.4 is 5.32 Å². The van der Waals surface area contributed by atoms with Gasteiger partial charge < -0.3 is 5.32 Å². The van der Waals surface area contributed by atoms with Gasteiger partial charge in [0, 0.05) is 28.6 Å². The lowest BCUT2D eigenvalue weighted by atomic mass is 9.75. The molecule has 2 unspecified atom stereocenters. The highest BCUT2D eigenvalue weighted by molar-refractivity contribution is 8.00. The molecule has 2 atom stereocenters. The molecule has 1 aromatic rings. The van der Waals surface area contributed by atoms with Crippen LogP contribution in [0.5, 0.6) is 0 Å². The maximum atomic E-state index is 4.11. The molecular weight excluding hydrogens is 252 g/mol. The van der Waals surface area contributed by atoms with Crippen LogP contribution in [0, 0.1) is 5.41 Å². The Hall–Kier alpha value is -0.540. The molecule has 0 spiro atoms. The lowest BCUT2D eigenvalue weighted by molar-refractivity contribution is 0.214. The molecule has 3 heteroatoms. The summed E-state index contributed by atoms with van der Waals surface area (Å²) in [7, 11) is 0. The Labute approximate surface area is 121 Å². The molecule has 1 heterocycles. The molecule has 0 radical (unpaired) electrons. The summed E-state index contributed by atoms with van der Waals surface area (Å²) in [6.45, 7) is 8.19. The smallest absolute Gasteiger partial charge is 0.0278 e. The maximum Gasteiger partial charge on any atom is 0.0278 e. The average Bonchev–Trinajstić information content (AvgIpc) is 2.38. The van der Waals surface area contributed by atoms with Gasteiger partial charge in [0.05, 0.1) is 0 Å². The molecular formula is C16H26N2S. The Kier molecular flexibility index (Phi) is 5.28. The second kappa shape index (κ2) is 6.76. The van der Waals surface area contributed by atoms with Crippen molar-refractivity contribution in [2.75, 3.05) is 6.54 Å². The molecule has 106 valence electrons. The van der Waals surface area contributed by atoms with Crippen LogP contribution in [0.25, 0.3) is 0 Å². The zero-order chi connectivity index (χ0) is 13.7. The zero-order valence-corrected chi connectivity index (χ0v) is 13.2. The Morgan fingerprint density at radius 1 is 1.37 bits per heavy atom. The van der Waals surface area contributed by atoms with Crippen LogP contribution in [0.3, 0.4) is 0 Å². The van der Waals surface area contributed by atoms with Gasteiger partial charge in [-0.1, -0.05) is 20.8 Å². The third-order valence-electron chi connectivity index (χ3n) is 3.93. The SMILES string of the molecule is CCCNC1CCC(C)(C)CC1Sc1ccncc1. The Morgan fingerprint density at radius 2 is 2.11 bits per heavy atom. The summed E-state index contributed by atoms with van der Waals surface area (Å²) in [5.41, 5.74) is 0.481. The molecule has 1 aromatic heterocycles. The van der Waals surface area contributed by atoms with Gasteiger partial charge in [0.15, 0.2) is 0 Å². The van der Waals surface area contributed by atoms with Gasteiger partial charge in [-0.2, -0.15) is 0 Å². The first-order chi connectivity index (χ1) is 9.11. The highest BCUT2D eigenvalue weighted by Gasteiger charge is 2.34. The lowest BCUT2D eigenvalue weighted by Gasteiger charge is -2.41. The Morgan fingerprint density at radius 3 is 2.79 bits per heavy atom. The van der Waals surface area contributed by atoms with Gasteiger partial charge in [-0.3, -0.25) is 4.98 Å². The summed E-state index contributed by atoms with van der Waals surface area (Å²) in [5, 5.41) is 4.42. The summed E-state index contributed by atoms with van der Waals surface area (Å²) in [4.78, 5) is 5.45. The Balaban J connectivity index is 2.02. The minimum atomic E-state index is 0.481. The first-order valence-corrected chi connectivity index (χ1v) is 8.29. The zero-order valence-electron chi connectivity index (χ0n) is 12.4. The van der Waals surface area contributed by atoms with Gasteiger partial charge in [0.2, 0.25) is 0 Å². The van der Waals surface area contributed by atoms with Crippen LogP contribution in [0.4, 0.5) is 0 Å². The van der Waals surface area contributed by atoms with Crippen molar-refractivity contribution in [3.63, 3.8) is 0 Å². The van der Waals surface area contributed by atoms with E-state index < -0.39 is 0 Å². The van der Waals surface area contributed by atoms with E-state index in [0.29, 0.717) is 16.7 Å². The molecule has 19 heavy (non-hydrogen) atoms. The predicted molar refractivity (Wildman–Crippen MR) is 83.6 cm³/mol. The van der Waals surface area contributed by atoms with Crippen molar-refractivity contribution in [2.24, 2.45) is 5.41 Å². The number of pyridine rings is 1. The maximum absolute atomic E-state index is 4.11. The molecule has 0 amide bonds. The molecule has 2 nitrogen and oxygen atoms in total. The van der Waals surface area contributed by atoms with Gasteiger partial charge in [-0.15, -0.1) is 11.8 Å². The average molecular weight is 278 g/mol. The monoisotopic (exact) mass is 278 g/mol. The molecule has 1 fully saturated rings. The molecule has 2 rings (SSSR count). The molecule has 0 bridgehead atoms. The topological polar surface area (TPSA) is 24.9 Å². The van der Waals surface area contributed by atoms with E-state index in [2.05, 4.69) is 43.2 Å². The summed E-state index contributed by atoms with van der Waals surface area (Å²) >= 11 is 2.02. The van der Waals surface area contributed by atoms with Gasteiger partial charge in [-0.05, 0) is 49.8 Å². The standard InChI is InChI=1S/C16H26N2S/c1-4-9-18-14-5-8-16(2,3)12-15(14)19-13-6-10-17-11-7-13/h6-7,10-11,14-15,18H,4-5,8-9,12H2,1-3H3. The number of thioether (sulfide) groups is 1. The molecule has 1 aliphatic rings. The van der Waals surface area contributed by atoms with E-state index in [4.69, 9.17) is 0 Å². The van der Waals surface area contributed by atoms with E-state index in [0.717, 1.165) is 6.54 Å². The van der Waals surface area contributed by atoms with Crippen LogP contribution in [0.2, 0.25) is 0 Å². The van der Waals surface area contributed by atoms with E-state index in [9.17, 15) is 0 Å². The van der Waals surface area contributed by atoms with Crippen molar-refractivity contribution in [1.82, 2.24) is 10.3 Å². The minimum absolute atomic E-state index is 0.481. The Bertz CT molecular complexity index is 378.